The van der Waals surface area contributed by atoms with Crippen LogP contribution in [0.3, 0.4) is 0 Å². The second-order valence-corrected chi connectivity index (χ2v) is 13.4. The summed E-state index contributed by atoms with van der Waals surface area (Å²) in [5, 5.41) is 4.14. The normalized spacial score (nSPS) is 23.5. The highest BCUT2D eigenvalue weighted by molar-refractivity contribution is 7.95. The number of hydrogen-bond donors (Lipinski definition) is 2. The van der Waals surface area contributed by atoms with Crippen LogP contribution in [0.4, 0.5) is 18.9 Å². The van der Waals surface area contributed by atoms with Crippen LogP contribution in [0.25, 0.3) is 5.69 Å². The summed E-state index contributed by atoms with van der Waals surface area (Å²) in [6.07, 6.45) is 6.62. The summed E-state index contributed by atoms with van der Waals surface area (Å²) in [6.45, 7) is 2.12. The zero-order valence-electron chi connectivity index (χ0n) is 23.5. The van der Waals surface area contributed by atoms with Gasteiger partial charge in [-0.1, -0.05) is 10.4 Å². The molecule has 1 aromatic carbocycles. The molecule has 1 aliphatic heterocycles. The van der Waals surface area contributed by atoms with E-state index in [1.165, 1.54) is 17.6 Å². The summed E-state index contributed by atoms with van der Waals surface area (Å²) < 4.78 is 79.3. The van der Waals surface area contributed by atoms with E-state index >= 15 is 0 Å². The van der Waals surface area contributed by atoms with E-state index in [1.807, 2.05) is 13.0 Å². The number of nitrogens with two attached hydrogens (primary N) is 1. The molecule has 0 spiro atoms. The first-order valence-corrected chi connectivity index (χ1v) is 15.3. The van der Waals surface area contributed by atoms with Gasteiger partial charge in [0.2, 0.25) is 5.75 Å². The lowest BCUT2D eigenvalue weighted by molar-refractivity contribution is 0.197. The Labute approximate surface area is 243 Å². The number of ether oxygens (including phenoxy) is 2. The molecule has 0 amide bonds. The second kappa shape index (κ2) is 11.5. The van der Waals surface area contributed by atoms with Gasteiger partial charge >= 0.3 is 5.56 Å². The molecular weight excluding hydrogens is 575 g/mol. The third-order valence-corrected chi connectivity index (χ3v) is 9.88. The molecular formula is C28H35F3N5O5S+. The fraction of sp³-hybridized carbons (Fsp3) is 0.500. The molecule has 2 heterocycles. The molecule has 10 nitrogen and oxygen atoms in total. The summed E-state index contributed by atoms with van der Waals surface area (Å²) in [4.78, 5) is 15.3. The standard InChI is InChI=1S/C28H34F3N5O5S/c1-27(32)4-3-19(11-24(27)40-2)16-42(38,39)35-9-7-34(8-10-35)23-15-33-36(22-13-20(30)12-21(31)14-22)26(37)25(23)41-18-28(17-29)5-6-28/h3,11-15H,4-10,16-18,32H2,1-2H3/p+1. The molecule has 2 fully saturated rings. The van der Waals surface area contributed by atoms with Gasteiger partial charge in [0.1, 0.15) is 23.1 Å². The van der Waals surface area contributed by atoms with Crippen molar-refractivity contribution in [2.75, 3.05) is 57.2 Å². The van der Waals surface area contributed by atoms with Gasteiger partial charge in [-0.05, 0) is 48.6 Å². The Kier molecular flexibility index (Phi) is 8.27. The number of benzene rings is 1. The van der Waals surface area contributed by atoms with Crippen LogP contribution in [0, 0.1) is 17.0 Å². The maximum absolute atomic E-state index is 13.9. The van der Waals surface area contributed by atoms with Crippen LogP contribution in [0.2, 0.25) is 0 Å². The Hall–Kier alpha value is -3.20. The molecule has 2 aliphatic carbocycles. The fourth-order valence-corrected chi connectivity index (χ4v) is 6.66. The molecule has 3 aliphatic rings. The minimum Gasteiger partial charge on any atom is -0.499 e. The summed E-state index contributed by atoms with van der Waals surface area (Å²) in [6, 6.07) is 2.63. The molecule has 2 atom stereocenters. The van der Waals surface area contributed by atoms with Crippen molar-refractivity contribution in [1.29, 1.82) is 0 Å². The number of rotatable bonds is 10. The molecule has 228 valence electrons. The van der Waals surface area contributed by atoms with E-state index < -0.39 is 45.2 Å². The molecule has 1 saturated heterocycles. The van der Waals surface area contributed by atoms with Gasteiger partial charge in [-0.2, -0.15) is 14.3 Å². The SMILES string of the molecule is COC1=CC(C[S+](=O)(O)N2CCN(c3cnn(-c4cc(F)cc(F)c4)c(=O)c3OCC3(CF)CC3)CC2)=CCC1(C)N. The first-order valence-electron chi connectivity index (χ1n) is 13.6. The van der Waals surface area contributed by atoms with Gasteiger partial charge in [0, 0.05) is 30.1 Å². The summed E-state index contributed by atoms with van der Waals surface area (Å²) in [5.74, 6) is -1.44. The minimum atomic E-state index is -3.43. The van der Waals surface area contributed by atoms with E-state index in [4.69, 9.17) is 15.2 Å². The van der Waals surface area contributed by atoms with E-state index in [0.717, 1.165) is 16.8 Å². The number of hydrogen-bond acceptors (Lipinski definition) is 7. The van der Waals surface area contributed by atoms with E-state index in [1.54, 1.807) is 11.0 Å². The fourth-order valence-electron chi connectivity index (χ4n) is 5.11. The molecule has 42 heavy (non-hydrogen) atoms. The summed E-state index contributed by atoms with van der Waals surface area (Å²) in [5.41, 5.74) is 4.98. The molecule has 1 aromatic heterocycles. The van der Waals surface area contributed by atoms with Crippen LogP contribution in [-0.2, 0) is 19.3 Å². The number of halogens is 3. The van der Waals surface area contributed by atoms with Gasteiger partial charge in [0.05, 0.1) is 50.9 Å². The van der Waals surface area contributed by atoms with Crippen LogP contribution < -0.4 is 20.9 Å². The van der Waals surface area contributed by atoms with Gasteiger partial charge in [-0.3, -0.25) is 9.18 Å². The average Bonchev–Trinajstić information content (AvgIpc) is 3.73. The Bertz CT molecular complexity index is 1500. The summed E-state index contributed by atoms with van der Waals surface area (Å²) >= 11 is 0. The molecule has 2 aromatic rings. The highest BCUT2D eigenvalue weighted by Gasteiger charge is 2.45. The molecule has 14 heteroatoms. The minimum absolute atomic E-state index is 0.0361. The highest BCUT2D eigenvalue weighted by Crippen LogP contribution is 2.46. The van der Waals surface area contributed by atoms with Crippen LogP contribution in [0.15, 0.2) is 52.7 Å². The second-order valence-electron chi connectivity index (χ2n) is 11.4. The monoisotopic (exact) mass is 610 g/mol. The van der Waals surface area contributed by atoms with Gasteiger partial charge in [-0.25, -0.2) is 8.78 Å². The lowest BCUT2D eigenvalue weighted by Gasteiger charge is -2.34. The Morgan fingerprint density at radius 3 is 2.40 bits per heavy atom. The Balaban J connectivity index is 1.35. The van der Waals surface area contributed by atoms with Crippen molar-refractivity contribution in [2.45, 2.75) is 31.7 Å². The van der Waals surface area contributed by atoms with E-state index in [2.05, 4.69) is 5.10 Å². The number of nitrogens with zero attached hydrogens (tertiary/aromatic N) is 4. The van der Waals surface area contributed by atoms with E-state index in [9.17, 15) is 26.7 Å². The molecule has 1 saturated carbocycles. The maximum Gasteiger partial charge on any atom is 0.316 e. The number of piperazine rings is 1. The molecule has 0 radical (unpaired) electrons. The number of anilines is 1. The van der Waals surface area contributed by atoms with Crippen LogP contribution in [0.5, 0.6) is 5.75 Å². The number of allylic oxidation sites excluding steroid dienone is 1. The smallest absolute Gasteiger partial charge is 0.316 e. The first kappa shape index (κ1) is 30.3. The van der Waals surface area contributed by atoms with E-state index in [0.29, 0.717) is 42.3 Å². The van der Waals surface area contributed by atoms with Gasteiger partial charge in [-0.15, -0.1) is 0 Å². The average molecular weight is 611 g/mol. The third-order valence-electron chi connectivity index (χ3n) is 7.99. The quantitative estimate of drug-likeness (QED) is 0.394. The van der Waals surface area contributed by atoms with Crippen molar-refractivity contribution in [3.05, 3.63) is 69.9 Å². The zero-order valence-corrected chi connectivity index (χ0v) is 24.3. The van der Waals surface area contributed by atoms with Crippen molar-refractivity contribution < 1.29 is 31.4 Å². The van der Waals surface area contributed by atoms with Crippen molar-refractivity contribution in [3.63, 3.8) is 0 Å². The topological polar surface area (TPSA) is 123 Å². The largest absolute Gasteiger partial charge is 0.499 e. The van der Waals surface area contributed by atoms with Crippen LogP contribution in [0.1, 0.15) is 26.2 Å². The molecule has 2 unspecified atom stereocenters. The van der Waals surface area contributed by atoms with Crippen LogP contribution >= 0.6 is 0 Å². The van der Waals surface area contributed by atoms with Crippen molar-refractivity contribution in [1.82, 2.24) is 14.1 Å². The predicted octanol–water partition coefficient (Wildman–Crippen LogP) is 3.23. The van der Waals surface area contributed by atoms with Gasteiger partial charge in [0.15, 0.2) is 5.75 Å². The zero-order chi connectivity index (χ0) is 30.3. The number of aromatic nitrogens is 2. The number of methoxy groups -OCH3 is 1. The van der Waals surface area contributed by atoms with Crippen LogP contribution in [-0.4, -0.2) is 76.5 Å². The van der Waals surface area contributed by atoms with E-state index in [-0.39, 0.29) is 50.0 Å². The molecule has 3 N–H and O–H groups in total. The van der Waals surface area contributed by atoms with Gasteiger partial charge < -0.3 is 20.1 Å². The lowest BCUT2D eigenvalue weighted by atomic mass is 9.90. The molecule has 5 rings (SSSR count). The molecule has 0 bridgehead atoms. The Morgan fingerprint density at radius 2 is 1.81 bits per heavy atom. The predicted molar refractivity (Wildman–Crippen MR) is 153 cm³/mol. The van der Waals surface area contributed by atoms with Crippen molar-refractivity contribution in [3.8, 4) is 11.4 Å². The summed E-state index contributed by atoms with van der Waals surface area (Å²) in [7, 11) is -1.92. The third kappa shape index (κ3) is 6.26. The van der Waals surface area contributed by atoms with Crippen molar-refractivity contribution >= 4 is 16.1 Å². The maximum atomic E-state index is 13.9. The number of alkyl halides is 1. The van der Waals surface area contributed by atoms with Gasteiger partial charge in [0.25, 0.3) is 10.4 Å². The lowest BCUT2D eigenvalue weighted by Crippen LogP contribution is -2.52. The Morgan fingerprint density at radius 1 is 1.14 bits per heavy atom. The highest BCUT2D eigenvalue weighted by atomic mass is 32.3. The first-order chi connectivity index (χ1) is 19.9. The van der Waals surface area contributed by atoms with Crippen molar-refractivity contribution in [2.24, 2.45) is 11.1 Å².